The van der Waals surface area contributed by atoms with Gasteiger partial charge in [0.25, 0.3) is 0 Å². The third-order valence-corrected chi connectivity index (χ3v) is 4.14. The summed E-state index contributed by atoms with van der Waals surface area (Å²) in [6.07, 6.45) is 0.513. The zero-order chi connectivity index (χ0) is 16.1. The Morgan fingerprint density at radius 2 is 1.82 bits per heavy atom. The first kappa shape index (κ1) is 17.0. The van der Waals surface area contributed by atoms with E-state index in [0.717, 1.165) is 20.1 Å². The Kier molecular flexibility index (Phi) is 5.97. The van der Waals surface area contributed by atoms with Gasteiger partial charge in [0, 0.05) is 6.42 Å². The lowest BCUT2D eigenvalue weighted by Gasteiger charge is -2.12. The van der Waals surface area contributed by atoms with Gasteiger partial charge in [-0.25, -0.2) is 4.39 Å². The number of halogens is 3. The number of carboxylic acid groups (broad SMARTS) is 1. The highest BCUT2D eigenvalue weighted by Gasteiger charge is 2.10. The Balaban J connectivity index is 2.09. The van der Waals surface area contributed by atoms with Gasteiger partial charge in [-0.1, -0.05) is 12.1 Å². The van der Waals surface area contributed by atoms with E-state index in [2.05, 4.69) is 31.9 Å². The van der Waals surface area contributed by atoms with Crippen molar-refractivity contribution in [2.45, 2.75) is 19.4 Å². The summed E-state index contributed by atoms with van der Waals surface area (Å²) >= 11 is 6.83. The van der Waals surface area contributed by atoms with Crippen molar-refractivity contribution in [1.29, 1.82) is 0 Å². The van der Waals surface area contributed by atoms with E-state index in [-0.39, 0.29) is 18.8 Å². The van der Waals surface area contributed by atoms with Crippen LogP contribution in [0, 0.1) is 5.82 Å². The average Bonchev–Trinajstić information content (AvgIpc) is 2.44. The first-order valence-electron chi connectivity index (χ1n) is 6.52. The highest BCUT2D eigenvalue weighted by atomic mass is 79.9. The first-order valence-corrected chi connectivity index (χ1v) is 8.11. The predicted octanol–water partition coefficient (Wildman–Crippen LogP) is 4.95. The third-order valence-electron chi connectivity index (χ3n) is 2.96. The molecule has 0 aliphatic heterocycles. The Bertz CT molecular complexity index is 666. The number of carboxylic acids is 1. The molecule has 0 amide bonds. The van der Waals surface area contributed by atoms with Crippen molar-refractivity contribution in [1.82, 2.24) is 0 Å². The monoisotopic (exact) mass is 430 g/mol. The Morgan fingerprint density at radius 3 is 2.41 bits per heavy atom. The van der Waals surface area contributed by atoms with Gasteiger partial charge < -0.3 is 9.84 Å². The average molecular weight is 432 g/mol. The van der Waals surface area contributed by atoms with Crippen LogP contribution in [-0.2, 0) is 17.8 Å². The molecule has 1 N–H and O–H groups in total. The molecule has 0 aromatic heterocycles. The summed E-state index contributed by atoms with van der Waals surface area (Å²) in [7, 11) is 0. The molecule has 0 aliphatic carbocycles. The molecule has 0 fully saturated rings. The minimum atomic E-state index is -0.835. The van der Waals surface area contributed by atoms with Crippen LogP contribution in [0.2, 0.25) is 0 Å². The molecule has 2 aromatic carbocycles. The summed E-state index contributed by atoms with van der Waals surface area (Å²) in [5, 5.41) is 8.72. The van der Waals surface area contributed by atoms with E-state index in [0.29, 0.717) is 12.2 Å². The van der Waals surface area contributed by atoms with Crippen LogP contribution in [0.25, 0.3) is 0 Å². The molecule has 0 radical (unpaired) electrons. The van der Waals surface area contributed by atoms with E-state index in [4.69, 9.17) is 9.84 Å². The second-order valence-corrected chi connectivity index (χ2v) is 6.41. The normalized spacial score (nSPS) is 10.5. The Labute approximate surface area is 144 Å². The minimum absolute atomic E-state index is 0.0718. The van der Waals surface area contributed by atoms with Crippen molar-refractivity contribution in [3.63, 3.8) is 0 Å². The fourth-order valence-electron chi connectivity index (χ4n) is 1.93. The molecule has 0 saturated carbocycles. The molecular weight excluding hydrogens is 419 g/mol. The maximum atomic E-state index is 13.1. The standard InChI is InChI=1S/C16H13Br2FO3/c17-13-7-10(4-5-15(20)21)8-14(18)16(13)22-9-11-2-1-3-12(19)6-11/h1-3,6-8H,4-5,9H2,(H,20,21). The van der Waals surface area contributed by atoms with Gasteiger partial charge in [0.15, 0.2) is 0 Å². The molecule has 0 spiro atoms. The second kappa shape index (κ2) is 7.74. The molecule has 116 valence electrons. The van der Waals surface area contributed by atoms with Gasteiger partial charge >= 0.3 is 5.97 Å². The maximum Gasteiger partial charge on any atom is 0.303 e. The van der Waals surface area contributed by atoms with Gasteiger partial charge in [-0.15, -0.1) is 0 Å². The number of ether oxygens (including phenoxy) is 1. The van der Waals surface area contributed by atoms with Gasteiger partial charge in [-0.3, -0.25) is 4.79 Å². The lowest BCUT2D eigenvalue weighted by Crippen LogP contribution is -2.00. The lowest BCUT2D eigenvalue weighted by molar-refractivity contribution is -0.136. The van der Waals surface area contributed by atoms with Gasteiger partial charge in [0.2, 0.25) is 0 Å². The van der Waals surface area contributed by atoms with Crippen molar-refractivity contribution in [2.75, 3.05) is 0 Å². The number of aliphatic carboxylic acids is 1. The van der Waals surface area contributed by atoms with Crippen LogP contribution < -0.4 is 4.74 Å². The molecule has 0 saturated heterocycles. The third kappa shape index (κ3) is 4.81. The Hall–Kier alpha value is -1.40. The maximum absolute atomic E-state index is 13.1. The van der Waals surface area contributed by atoms with Gasteiger partial charge in [0.05, 0.1) is 8.95 Å². The van der Waals surface area contributed by atoms with E-state index in [1.54, 1.807) is 12.1 Å². The molecule has 22 heavy (non-hydrogen) atoms. The highest BCUT2D eigenvalue weighted by molar-refractivity contribution is 9.11. The van der Waals surface area contributed by atoms with Crippen molar-refractivity contribution in [2.24, 2.45) is 0 Å². The van der Waals surface area contributed by atoms with Crippen LogP contribution in [-0.4, -0.2) is 11.1 Å². The van der Waals surface area contributed by atoms with Crippen LogP contribution in [0.1, 0.15) is 17.5 Å². The summed E-state index contributed by atoms with van der Waals surface area (Å²) in [5.74, 6) is -0.537. The number of hydrogen-bond acceptors (Lipinski definition) is 2. The van der Waals surface area contributed by atoms with Crippen molar-refractivity contribution in [3.05, 3.63) is 62.3 Å². The number of benzene rings is 2. The number of carbonyl (C=O) groups is 1. The number of aryl methyl sites for hydroxylation is 1. The van der Waals surface area contributed by atoms with Crippen LogP contribution >= 0.6 is 31.9 Å². The predicted molar refractivity (Wildman–Crippen MR) is 88.5 cm³/mol. The van der Waals surface area contributed by atoms with E-state index >= 15 is 0 Å². The molecule has 0 bridgehead atoms. The lowest BCUT2D eigenvalue weighted by atomic mass is 10.1. The molecule has 2 rings (SSSR count). The molecule has 0 unspecified atom stereocenters. The minimum Gasteiger partial charge on any atom is -0.487 e. The summed E-state index contributed by atoms with van der Waals surface area (Å²) in [6.45, 7) is 0.240. The summed E-state index contributed by atoms with van der Waals surface area (Å²) in [5.41, 5.74) is 1.62. The Morgan fingerprint density at radius 1 is 1.14 bits per heavy atom. The van der Waals surface area contributed by atoms with E-state index in [1.165, 1.54) is 12.1 Å². The largest absolute Gasteiger partial charge is 0.487 e. The smallest absolute Gasteiger partial charge is 0.303 e. The van der Waals surface area contributed by atoms with Crippen molar-refractivity contribution in [3.8, 4) is 5.75 Å². The summed E-state index contributed by atoms with van der Waals surface area (Å²) < 4.78 is 20.3. The van der Waals surface area contributed by atoms with E-state index in [9.17, 15) is 9.18 Å². The highest BCUT2D eigenvalue weighted by Crippen LogP contribution is 2.35. The van der Waals surface area contributed by atoms with Crippen LogP contribution in [0.5, 0.6) is 5.75 Å². The van der Waals surface area contributed by atoms with Crippen LogP contribution in [0.15, 0.2) is 45.3 Å². The van der Waals surface area contributed by atoms with Gasteiger partial charge in [-0.05, 0) is 73.7 Å². The number of rotatable bonds is 6. The van der Waals surface area contributed by atoms with Crippen molar-refractivity contribution >= 4 is 37.8 Å². The SMILES string of the molecule is O=C(O)CCc1cc(Br)c(OCc2cccc(F)c2)c(Br)c1. The second-order valence-electron chi connectivity index (χ2n) is 4.70. The summed E-state index contributed by atoms with van der Waals surface area (Å²) in [6, 6.07) is 9.87. The number of hydrogen-bond donors (Lipinski definition) is 1. The fraction of sp³-hybridized carbons (Fsp3) is 0.188. The summed E-state index contributed by atoms with van der Waals surface area (Å²) in [4.78, 5) is 10.6. The van der Waals surface area contributed by atoms with Crippen LogP contribution in [0.3, 0.4) is 0 Å². The fourth-order valence-corrected chi connectivity index (χ4v) is 3.44. The molecular formula is C16H13Br2FO3. The molecule has 0 atom stereocenters. The molecule has 0 heterocycles. The van der Waals surface area contributed by atoms with Gasteiger partial charge in [0.1, 0.15) is 18.2 Å². The first-order chi connectivity index (χ1) is 10.5. The van der Waals surface area contributed by atoms with Crippen LogP contribution in [0.4, 0.5) is 4.39 Å². The van der Waals surface area contributed by atoms with Gasteiger partial charge in [-0.2, -0.15) is 0 Å². The van der Waals surface area contributed by atoms with E-state index in [1.807, 2.05) is 12.1 Å². The molecule has 3 nitrogen and oxygen atoms in total. The molecule has 0 aliphatic rings. The zero-order valence-electron chi connectivity index (χ0n) is 11.5. The molecule has 6 heteroatoms. The zero-order valence-corrected chi connectivity index (χ0v) is 14.7. The van der Waals surface area contributed by atoms with E-state index < -0.39 is 5.97 Å². The quantitative estimate of drug-likeness (QED) is 0.703. The van der Waals surface area contributed by atoms with Crippen molar-refractivity contribution < 1.29 is 19.0 Å². The molecule has 2 aromatic rings. The topological polar surface area (TPSA) is 46.5 Å².